The Morgan fingerprint density at radius 3 is 3.18 bits per heavy atom. The van der Waals surface area contributed by atoms with Crippen LogP contribution in [0.5, 0.6) is 0 Å². The number of rotatable bonds is 3. The van der Waals surface area contributed by atoms with Gasteiger partial charge in [0.25, 0.3) is 0 Å². The predicted octanol–water partition coefficient (Wildman–Crippen LogP) is 2.21. The second-order valence-corrected chi connectivity index (χ2v) is 2.57. The Balaban J connectivity index is 2.38. The topological polar surface area (TPSA) is 24.4 Å². The summed E-state index contributed by atoms with van der Waals surface area (Å²) in [5, 5.41) is 3.98. The van der Waals surface area contributed by atoms with Crippen molar-refractivity contribution in [3.05, 3.63) is 23.9 Å². The van der Waals surface area contributed by atoms with E-state index in [1.54, 1.807) is 6.21 Å². The third-order valence-electron chi connectivity index (χ3n) is 1.58. The van der Waals surface area contributed by atoms with Crippen molar-refractivity contribution in [2.75, 3.05) is 0 Å². The Kier molecular flexibility index (Phi) is 3.45. The largest absolute Gasteiger partial charge is 0.283 e. The minimum absolute atomic E-state index is 1.10. The summed E-state index contributed by atoms with van der Waals surface area (Å²) in [6, 6.07) is 0. The molecule has 0 fully saturated rings. The Morgan fingerprint density at radius 2 is 2.36 bits per heavy atom. The van der Waals surface area contributed by atoms with Crippen LogP contribution in [0, 0.1) is 0 Å². The van der Waals surface area contributed by atoms with Crippen molar-refractivity contribution >= 4 is 6.21 Å². The lowest BCUT2D eigenvalue weighted by Crippen LogP contribution is -2.03. The lowest BCUT2D eigenvalue weighted by molar-refractivity contribution is 0.725. The molecule has 0 atom stereocenters. The van der Waals surface area contributed by atoms with Crippen molar-refractivity contribution < 1.29 is 0 Å². The molecular formula is C9H14N2. The highest BCUT2D eigenvalue weighted by Crippen LogP contribution is 2.04. The summed E-state index contributed by atoms with van der Waals surface area (Å²) in [6.07, 6.45) is 11.3. The summed E-state index contributed by atoms with van der Waals surface area (Å²) in [6.45, 7) is 2.19. The molecule has 1 heterocycles. The Hall–Kier alpha value is -1.05. The molecule has 0 unspecified atom stereocenters. The van der Waals surface area contributed by atoms with E-state index in [2.05, 4.69) is 23.5 Å². The van der Waals surface area contributed by atoms with E-state index in [0.29, 0.717) is 0 Å². The van der Waals surface area contributed by atoms with Crippen molar-refractivity contribution in [1.82, 2.24) is 5.43 Å². The number of unbranched alkanes of at least 4 members (excludes halogenated alkanes) is 1. The van der Waals surface area contributed by atoms with E-state index in [4.69, 9.17) is 0 Å². The molecule has 2 nitrogen and oxygen atoms in total. The van der Waals surface area contributed by atoms with Crippen molar-refractivity contribution in [2.24, 2.45) is 5.10 Å². The molecule has 1 aliphatic heterocycles. The smallest absolute Gasteiger partial charge is 0.0472 e. The van der Waals surface area contributed by atoms with Gasteiger partial charge < -0.3 is 0 Å². The van der Waals surface area contributed by atoms with E-state index < -0.39 is 0 Å². The highest BCUT2D eigenvalue weighted by atomic mass is 15.3. The van der Waals surface area contributed by atoms with Gasteiger partial charge in [-0.3, -0.25) is 5.43 Å². The summed E-state index contributed by atoms with van der Waals surface area (Å²) in [5.74, 6) is 0. The van der Waals surface area contributed by atoms with E-state index >= 15 is 0 Å². The fourth-order valence-electron chi connectivity index (χ4n) is 0.928. The number of nitrogens with zero attached hydrogens (tertiary/aromatic N) is 1. The van der Waals surface area contributed by atoms with Gasteiger partial charge in [-0.05, 0) is 25.0 Å². The van der Waals surface area contributed by atoms with Crippen molar-refractivity contribution in [3.63, 3.8) is 0 Å². The van der Waals surface area contributed by atoms with Crippen LogP contribution in [0.3, 0.4) is 0 Å². The van der Waals surface area contributed by atoms with Gasteiger partial charge in [-0.1, -0.05) is 19.4 Å². The number of hydrogen-bond acceptors (Lipinski definition) is 2. The third kappa shape index (κ3) is 3.03. The average Bonchev–Trinajstić information content (AvgIpc) is 2.28. The second kappa shape index (κ2) is 4.72. The standard InChI is InChI=1S/C9H14N2/c1-2-3-6-9-7-4-5-8-10-11-9/h4-5,7-8,11H,2-3,6H2,1H3. The first-order valence-corrected chi connectivity index (χ1v) is 4.08. The van der Waals surface area contributed by atoms with Gasteiger partial charge in [0.05, 0.1) is 0 Å². The summed E-state index contributed by atoms with van der Waals surface area (Å²) in [7, 11) is 0. The van der Waals surface area contributed by atoms with E-state index in [0.717, 1.165) is 6.42 Å². The van der Waals surface area contributed by atoms with Gasteiger partial charge in [0.15, 0.2) is 0 Å². The van der Waals surface area contributed by atoms with Crippen LogP contribution >= 0.6 is 0 Å². The zero-order chi connectivity index (χ0) is 7.94. The maximum atomic E-state index is 3.98. The van der Waals surface area contributed by atoms with Gasteiger partial charge in [-0.2, -0.15) is 5.10 Å². The van der Waals surface area contributed by atoms with Crippen LogP contribution < -0.4 is 5.43 Å². The van der Waals surface area contributed by atoms with Crippen LogP contribution in [-0.2, 0) is 0 Å². The van der Waals surface area contributed by atoms with Crippen LogP contribution in [0.2, 0.25) is 0 Å². The van der Waals surface area contributed by atoms with E-state index in [1.165, 1.54) is 18.5 Å². The highest BCUT2D eigenvalue weighted by molar-refractivity contribution is 5.71. The number of hydrogen-bond donors (Lipinski definition) is 1. The molecule has 60 valence electrons. The molecule has 1 rings (SSSR count). The Bertz CT molecular complexity index is 190. The zero-order valence-corrected chi connectivity index (χ0v) is 6.88. The first-order chi connectivity index (χ1) is 5.43. The quantitative estimate of drug-likeness (QED) is 0.655. The fraction of sp³-hybridized carbons (Fsp3) is 0.444. The molecule has 0 aromatic rings. The molecule has 1 aliphatic rings. The molecule has 0 aromatic carbocycles. The predicted molar refractivity (Wildman–Crippen MR) is 48.4 cm³/mol. The summed E-state index contributed by atoms with van der Waals surface area (Å²) in [4.78, 5) is 0. The molecule has 1 N–H and O–H groups in total. The van der Waals surface area contributed by atoms with E-state index in [-0.39, 0.29) is 0 Å². The van der Waals surface area contributed by atoms with E-state index in [1.807, 2.05) is 12.2 Å². The molecule has 0 bridgehead atoms. The van der Waals surface area contributed by atoms with Crippen LogP contribution in [-0.4, -0.2) is 6.21 Å². The Morgan fingerprint density at radius 1 is 1.45 bits per heavy atom. The van der Waals surface area contributed by atoms with Crippen LogP contribution in [0.1, 0.15) is 26.2 Å². The maximum absolute atomic E-state index is 3.98. The number of nitrogens with one attached hydrogen (secondary N) is 1. The molecule has 2 heteroatoms. The molecule has 0 saturated heterocycles. The Labute approximate surface area is 67.7 Å². The van der Waals surface area contributed by atoms with Crippen LogP contribution in [0.25, 0.3) is 0 Å². The minimum atomic E-state index is 1.10. The summed E-state index contributed by atoms with van der Waals surface area (Å²) < 4.78 is 0. The molecule has 0 aromatic heterocycles. The van der Waals surface area contributed by atoms with Crippen molar-refractivity contribution in [2.45, 2.75) is 26.2 Å². The molecular weight excluding hydrogens is 136 g/mol. The van der Waals surface area contributed by atoms with Gasteiger partial charge in [0.2, 0.25) is 0 Å². The molecule has 0 saturated carbocycles. The van der Waals surface area contributed by atoms with Crippen LogP contribution in [0.4, 0.5) is 0 Å². The lowest BCUT2D eigenvalue weighted by Gasteiger charge is -2.02. The van der Waals surface area contributed by atoms with Gasteiger partial charge in [-0.15, -0.1) is 0 Å². The third-order valence-corrected chi connectivity index (χ3v) is 1.58. The number of hydrazone groups is 1. The van der Waals surface area contributed by atoms with Gasteiger partial charge in [-0.25, -0.2) is 0 Å². The second-order valence-electron chi connectivity index (χ2n) is 2.57. The van der Waals surface area contributed by atoms with Crippen molar-refractivity contribution in [3.8, 4) is 0 Å². The van der Waals surface area contributed by atoms with Crippen LogP contribution in [0.15, 0.2) is 29.0 Å². The summed E-state index contributed by atoms with van der Waals surface area (Å²) >= 11 is 0. The first-order valence-electron chi connectivity index (χ1n) is 4.08. The zero-order valence-electron chi connectivity index (χ0n) is 6.88. The molecule has 0 spiro atoms. The molecule has 0 aliphatic carbocycles. The molecule has 0 amide bonds. The molecule has 0 radical (unpaired) electrons. The monoisotopic (exact) mass is 150 g/mol. The SMILES string of the molecule is CCCCC1=CC=CC=NN1. The lowest BCUT2D eigenvalue weighted by atomic mass is 10.2. The highest BCUT2D eigenvalue weighted by Gasteiger charge is 1.93. The fourth-order valence-corrected chi connectivity index (χ4v) is 0.928. The first kappa shape index (κ1) is 8.05. The minimum Gasteiger partial charge on any atom is -0.283 e. The summed E-state index contributed by atoms with van der Waals surface area (Å²) in [5.41, 5.74) is 4.19. The van der Waals surface area contributed by atoms with Crippen molar-refractivity contribution in [1.29, 1.82) is 0 Å². The van der Waals surface area contributed by atoms with Gasteiger partial charge in [0, 0.05) is 11.9 Å². The van der Waals surface area contributed by atoms with Gasteiger partial charge in [0.1, 0.15) is 0 Å². The maximum Gasteiger partial charge on any atom is 0.0472 e. The number of allylic oxidation sites excluding steroid dienone is 4. The molecule has 11 heavy (non-hydrogen) atoms. The van der Waals surface area contributed by atoms with Gasteiger partial charge >= 0.3 is 0 Å². The average molecular weight is 150 g/mol. The van der Waals surface area contributed by atoms with E-state index in [9.17, 15) is 0 Å². The normalized spacial score (nSPS) is 15.5.